The van der Waals surface area contributed by atoms with Gasteiger partial charge in [0.05, 0.1) is 4.90 Å². The number of alkyl halides is 1. The lowest BCUT2D eigenvalue weighted by Crippen LogP contribution is -2.42. The van der Waals surface area contributed by atoms with Gasteiger partial charge in [-0.05, 0) is 62.9 Å². The van der Waals surface area contributed by atoms with Gasteiger partial charge in [0.2, 0.25) is 10.0 Å². The van der Waals surface area contributed by atoms with Gasteiger partial charge in [-0.1, -0.05) is 6.07 Å². The third kappa shape index (κ3) is 3.72. The van der Waals surface area contributed by atoms with Crippen LogP contribution in [0.1, 0.15) is 31.2 Å². The molecule has 0 radical (unpaired) electrons. The lowest BCUT2D eigenvalue weighted by molar-refractivity contribution is 0.210. The summed E-state index contributed by atoms with van der Waals surface area (Å²) >= 11 is 0. The van der Waals surface area contributed by atoms with Crippen molar-refractivity contribution in [3.63, 3.8) is 0 Å². The molecule has 146 valence electrons. The van der Waals surface area contributed by atoms with Crippen molar-refractivity contribution in [1.29, 1.82) is 0 Å². The van der Waals surface area contributed by atoms with E-state index in [0.29, 0.717) is 23.8 Å². The van der Waals surface area contributed by atoms with E-state index in [0.717, 1.165) is 44.6 Å². The van der Waals surface area contributed by atoms with E-state index in [2.05, 4.69) is 10.2 Å². The Kier molecular flexibility index (Phi) is 6.11. The summed E-state index contributed by atoms with van der Waals surface area (Å²) in [6.07, 6.45) is 2.90. The Hall–Kier alpha value is -0.890. The van der Waals surface area contributed by atoms with Gasteiger partial charge < -0.3 is 10.2 Å². The lowest BCUT2D eigenvalue weighted by atomic mass is 10.0. The van der Waals surface area contributed by atoms with Crippen LogP contribution < -0.4 is 10.2 Å². The second-order valence-electron chi connectivity index (χ2n) is 7.29. The summed E-state index contributed by atoms with van der Waals surface area (Å²) in [5.41, 5.74) is 2.31. The predicted octanol–water partition coefficient (Wildman–Crippen LogP) is 2.35. The van der Waals surface area contributed by atoms with E-state index >= 15 is 0 Å². The molecule has 3 aliphatic rings. The molecule has 0 aliphatic carbocycles. The summed E-state index contributed by atoms with van der Waals surface area (Å²) in [5.74, 6) is 0. The monoisotopic (exact) mass is 403 g/mol. The minimum atomic E-state index is -3.53. The summed E-state index contributed by atoms with van der Waals surface area (Å²) in [4.78, 5) is 2.74. The first-order chi connectivity index (χ1) is 12.1. The summed E-state index contributed by atoms with van der Waals surface area (Å²) < 4.78 is 40.7. The van der Waals surface area contributed by atoms with Gasteiger partial charge in [0.1, 0.15) is 6.17 Å². The molecule has 4 rings (SSSR count). The molecule has 5 nitrogen and oxygen atoms in total. The fraction of sp³-hybridized carbons (Fsp3) is 0.667. The maximum Gasteiger partial charge on any atom is 0.243 e. The molecule has 0 atom stereocenters. The first-order valence-corrected chi connectivity index (χ1v) is 10.7. The number of hydrogen-bond acceptors (Lipinski definition) is 4. The van der Waals surface area contributed by atoms with E-state index in [-0.39, 0.29) is 25.5 Å². The summed E-state index contributed by atoms with van der Waals surface area (Å²) in [6.45, 7) is 3.56. The molecular weight excluding hydrogens is 377 g/mol. The van der Waals surface area contributed by atoms with Crippen molar-refractivity contribution in [2.75, 3.05) is 37.6 Å². The van der Waals surface area contributed by atoms with Crippen molar-refractivity contribution < 1.29 is 12.8 Å². The molecule has 26 heavy (non-hydrogen) atoms. The molecule has 8 heteroatoms. The number of nitrogens with zero attached hydrogens (tertiary/aromatic N) is 2. The molecule has 0 amide bonds. The van der Waals surface area contributed by atoms with Crippen LogP contribution >= 0.6 is 12.4 Å². The molecule has 2 fully saturated rings. The number of piperidine rings is 2. The fourth-order valence-corrected chi connectivity index (χ4v) is 5.75. The van der Waals surface area contributed by atoms with Crippen LogP contribution in [0.4, 0.5) is 10.1 Å². The van der Waals surface area contributed by atoms with E-state index in [1.165, 1.54) is 9.87 Å². The van der Waals surface area contributed by atoms with Crippen LogP contribution in [0.25, 0.3) is 0 Å². The second kappa shape index (κ2) is 8.00. The molecular formula is C18H27ClFN3O2S. The summed E-state index contributed by atoms with van der Waals surface area (Å²) in [7, 11) is -3.53. The lowest BCUT2D eigenvalue weighted by Gasteiger charge is -2.34. The first kappa shape index (κ1) is 19.9. The molecule has 1 aromatic rings. The van der Waals surface area contributed by atoms with Crippen molar-refractivity contribution in [2.24, 2.45) is 0 Å². The number of halogens is 2. The number of hydrogen-bond donors (Lipinski definition) is 1. The fourth-order valence-electron chi connectivity index (χ4n) is 4.26. The molecule has 0 spiro atoms. The van der Waals surface area contributed by atoms with E-state index in [9.17, 15) is 12.8 Å². The summed E-state index contributed by atoms with van der Waals surface area (Å²) in [5, 5.41) is 3.38. The van der Waals surface area contributed by atoms with Gasteiger partial charge in [0.25, 0.3) is 0 Å². The Morgan fingerprint density at radius 1 is 1.04 bits per heavy atom. The van der Waals surface area contributed by atoms with E-state index in [4.69, 9.17) is 0 Å². The predicted molar refractivity (Wildman–Crippen MR) is 104 cm³/mol. The minimum absolute atomic E-state index is 0. The number of nitrogens with one attached hydrogen (secondary N) is 1. The zero-order valence-electron chi connectivity index (χ0n) is 14.9. The van der Waals surface area contributed by atoms with Crippen LogP contribution in [-0.2, 0) is 16.4 Å². The minimum Gasteiger partial charge on any atom is -0.368 e. The average molecular weight is 404 g/mol. The normalized spacial score (nSPS) is 22.9. The Labute approximate surface area is 161 Å². The molecule has 0 saturated carbocycles. The highest BCUT2D eigenvalue weighted by Gasteiger charge is 2.32. The zero-order valence-corrected chi connectivity index (χ0v) is 16.5. The van der Waals surface area contributed by atoms with E-state index in [1.807, 2.05) is 12.1 Å². The van der Waals surface area contributed by atoms with Crippen LogP contribution in [-0.4, -0.2) is 57.7 Å². The quantitative estimate of drug-likeness (QED) is 0.841. The van der Waals surface area contributed by atoms with Gasteiger partial charge in [-0.3, -0.25) is 0 Å². The van der Waals surface area contributed by atoms with Gasteiger partial charge in [-0.25, -0.2) is 12.8 Å². The number of sulfonamides is 1. The van der Waals surface area contributed by atoms with Crippen LogP contribution in [0.15, 0.2) is 23.1 Å². The third-order valence-corrected chi connectivity index (χ3v) is 7.65. The maximum absolute atomic E-state index is 13.4. The highest BCUT2D eigenvalue weighted by Crippen LogP contribution is 2.35. The van der Waals surface area contributed by atoms with Crippen molar-refractivity contribution in [3.05, 3.63) is 23.8 Å². The number of anilines is 1. The highest BCUT2D eigenvalue weighted by molar-refractivity contribution is 7.89. The van der Waals surface area contributed by atoms with Gasteiger partial charge in [-0.2, -0.15) is 4.31 Å². The van der Waals surface area contributed by atoms with Gasteiger partial charge in [0, 0.05) is 31.4 Å². The van der Waals surface area contributed by atoms with Crippen molar-refractivity contribution in [1.82, 2.24) is 9.62 Å². The maximum atomic E-state index is 13.4. The SMILES string of the molecule is Cl.O=S(=O)(c1ccc2c(c1)N(C1CCNCC1)CC2)N1CCC(F)CC1. The highest BCUT2D eigenvalue weighted by atomic mass is 35.5. The van der Waals surface area contributed by atoms with Crippen molar-refractivity contribution in [3.8, 4) is 0 Å². The Morgan fingerprint density at radius 2 is 1.73 bits per heavy atom. The van der Waals surface area contributed by atoms with Gasteiger partial charge in [-0.15, -0.1) is 12.4 Å². The Balaban J connectivity index is 0.00000196. The van der Waals surface area contributed by atoms with Crippen LogP contribution in [0.3, 0.4) is 0 Å². The standard InChI is InChI=1S/C18H26FN3O2S.ClH/c19-15-6-10-21(11-7-15)25(23,24)17-2-1-14-5-12-22(18(14)13-17)16-3-8-20-9-4-16;/h1-2,13,15-16,20H,3-12H2;1H. The van der Waals surface area contributed by atoms with Gasteiger partial charge >= 0.3 is 0 Å². The van der Waals surface area contributed by atoms with Gasteiger partial charge in [0.15, 0.2) is 0 Å². The van der Waals surface area contributed by atoms with Crippen molar-refractivity contribution >= 4 is 28.1 Å². The smallest absolute Gasteiger partial charge is 0.243 e. The molecule has 1 N–H and O–H groups in total. The van der Waals surface area contributed by atoms with Crippen LogP contribution in [0.5, 0.6) is 0 Å². The van der Waals surface area contributed by atoms with Crippen LogP contribution in [0, 0.1) is 0 Å². The third-order valence-electron chi connectivity index (χ3n) is 5.76. The van der Waals surface area contributed by atoms with Crippen LogP contribution in [0.2, 0.25) is 0 Å². The topological polar surface area (TPSA) is 52.7 Å². The average Bonchev–Trinajstić information content (AvgIpc) is 3.06. The molecule has 2 saturated heterocycles. The zero-order chi connectivity index (χ0) is 17.4. The second-order valence-corrected chi connectivity index (χ2v) is 9.23. The largest absolute Gasteiger partial charge is 0.368 e. The molecule has 3 heterocycles. The first-order valence-electron chi connectivity index (χ1n) is 9.30. The van der Waals surface area contributed by atoms with Crippen molar-refractivity contribution in [2.45, 2.75) is 49.2 Å². The number of fused-ring (bicyclic) bond motifs is 1. The number of rotatable bonds is 3. The Morgan fingerprint density at radius 3 is 2.42 bits per heavy atom. The molecule has 1 aromatic carbocycles. The molecule has 0 aromatic heterocycles. The summed E-state index contributed by atoms with van der Waals surface area (Å²) in [6, 6.07) is 6.02. The number of benzene rings is 1. The van der Waals surface area contributed by atoms with E-state index < -0.39 is 16.2 Å². The Bertz CT molecular complexity index is 732. The molecule has 3 aliphatic heterocycles. The van der Waals surface area contributed by atoms with E-state index in [1.54, 1.807) is 6.07 Å². The molecule has 0 bridgehead atoms. The molecule has 0 unspecified atom stereocenters.